The third kappa shape index (κ3) is 3.10. The molecule has 0 saturated heterocycles. The Morgan fingerprint density at radius 2 is 1.81 bits per heavy atom. The first-order valence-electron chi connectivity index (χ1n) is 8.02. The minimum Gasteiger partial charge on any atom is -0.508 e. The van der Waals surface area contributed by atoms with E-state index in [1.807, 2.05) is 18.2 Å². The average molecular weight is 342 g/mol. The fourth-order valence-corrected chi connectivity index (χ4v) is 2.60. The van der Waals surface area contributed by atoms with Crippen molar-refractivity contribution in [3.05, 3.63) is 90.1 Å². The molecule has 5 nitrogen and oxygen atoms in total. The number of hydrogen-bond donors (Lipinski definition) is 1. The lowest BCUT2D eigenvalue weighted by Crippen LogP contribution is -2.03. The summed E-state index contributed by atoms with van der Waals surface area (Å²) in [6.07, 6.45) is 4.81. The molecule has 1 N–H and O–H groups in total. The van der Waals surface area contributed by atoms with Crippen molar-refractivity contribution in [1.82, 2.24) is 9.97 Å². The lowest BCUT2D eigenvalue weighted by molar-refractivity contribution is 0.105. The van der Waals surface area contributed by atoms with E-state index in [0.717, 1.165) is 5.56 Å². The van der Waals surface area contributed by atoms with Crippen molar-refractivity contribution in [2.45, 2.75) is 0 Å². The third-order valence-electron chi connectivity index (χ3n) is 3.90. The van der Waals surface area contributed by atoms with Gasteiger partial charge in [0.15, 0.2) is 11.4 Å². The van der Waals surface area contributed by atoms with Crippen LogP contribution in [0.25, 0.3) is 22.7 Å². The SMILES string of the molecule is O=C(/C(=C\c1ccc(O)cc1)c1nc2ccccc2o1)c1cccnc1. The molecule has 0 atom stereocenters. The summed E-state index contributed by atoms with van der Waals surface area (Å²) in [5, 5.41) is 9.46. The van der Waals surface area contributed by atoms with Crippen LogP contribution in [0, 0.1) is 0 Å². The van der Waals surface area contributed by atoms with Crippen LogP contribution in [0.5, 0.6) is 5.75 Å². The molecule has 0 unspecified atom stereocenters. The normalized spacial score (nSPS) is 11.6. The van der Waals surface area contributed by atoms with Crippen molar-refractivity contribution in [3.8, 4) is 5.75 Å². The van der Waals surface area contributed by atoms with E-state index in [2.05, 4.69) is 9.97 Å². The number of aromatic nitrogens is 2. The monoisotopic (exact) mass is 342 g/mol. The number of phenolic OH excluding ortho intramolecular Hbond substituents is 1. The number of hydrogen-bond acceptors (Lipinski definition) is 5. The van der Waals surface area contributed by atoms with Gasteiger partial charge in [-0.2, -0.15) is 0 Å². The molecule has 0 radical (unpaired) electrons. The van der Waals surface area contributed by atoms with Gasteiger partial charge in [-0.05, 0) is 48.0 Å². The minimum atomic E-state index is -0.238. The minimum absolute atomic E-state index is 0.157. The number of benzene rings is 2. The highest BCUT2D eigenvalue weighted by atomic mass is 16.3. The summed E-state index contributed by atoms with van der Waals surface area (Å²) in [4.78, 5) is 21.5. The second-order valence-corrected chi connectivity index (χ2v) is 5.71. The van der Waals surface area contributed by atoms with Crippen LogP contribution < -0.4 is 0 Å². The first-order chi connectivity index (χ1) is 12.7. The molecule has 5 heteroatoms. The molecule has 2 aromatic carbocycles. The van der Waals surface area contributed by atoms with Crippen molar-refractivity contribution in [1.29, 1.82) is 0 Å². The molecule has 126 valence electrons. The van der Waals surface area contributed by atoms with Gasteiger partial charge in [0.2, 0.25) is 5.89 Å². The highest BCUT2D eigenvalue weighted by molar-refractivity contribution is 6.31. The third-order valence-corrected chi connectivity index (χ3v) is 3.90. The van der Waals surface area contributed by atoms with E-state index in [-0.39, 0.29) is 17.4 Å². The molecule has 4 aromatic rings. The molecule has 0 aliphatic rings. The topological polar surface area (TPSA) is 76.2 Å². The van der Waals surface area contributed by atoms with Crippen LogP contribution in [0.1, 0.15) is 21.8 Å². The van der Waals surface area contributed by atoms with Gasteiger partial charge in [0.1, 0.15) is 11.3 Å². The zero-order chi connectivity index (χ0) is 17.9. The number of para-hydroxylation sites is 2. The second kappa shape index (κ2) is 6.64. The number of rotatable bonds is 4. The van der Waals surface area contributed by atoms with Crippen LogP contribution in [-0.4, -0.2) is 20.9 Å². The number of carbonyl (C=O) groups is 1. The maximum atomic E-state index is 13.0. The number of oxazole rings is 1. The highest BCUT2D eigenvalue weighted by Crippen LogP contribution is 2.26. The molecule has 0 saturated carbocycles. The highest BCUT2D eigenvalue weighted by Gasteiger charge is 2.20. The molecule has 0 aliphatic heterocycles. The summed E-state index contributed by atoms with van der Waals surface area (Å²) in [6, 6.07) is 17.3. The van der Waals surface area contributed by atoms with Crippen LogP contribution in [0.2, 0.25) is 0 Å². The predicted octanol–water partition coefficient (Wildman–Crippen LogP) is 4.35. The zero-order valence-corrected chi connectivity index (χ0v) is 13.7. The molecule has 0 amide bonds. The molecule has 0 fully saturated rings. The number of pyridine rings is 1. The number of carbonyl (C=O) groups excluding carboxylic acids is 1. The lowest BCUT2D eigenvalue weighted by Gasteiger charge is -2.04. The van der Waals surface area contributed by atoms with Gasteiger partial charge in [-0.25, -0.2) is 4.98 Å². The molecule has 4 rings (SSSR count). The van der Waals surface area contributed by atoms with E-state index < -0.39 is 0 Å². The van der Waals surface area contributed by atoms with Crippen LogP contribution in [-0.2, 0) is 0 Å². The number of allylic oxidation sites excluding steroid dienone is 1. The van der Waals surface area contributed by atoms with Gasteiger partial charge in [-0.3, -0.25) is 9.78 Å². The number of ketones is 1. The Bertz CT molecular complexity index is 1060. The molecule has 0 spiro atoms. The quantitative estimate of drug-likeness (QED) is 0.441. The van der Waals surface area contributed by atoms with Gasteiger partial charge in [0, 0.05) is 18.0 Å². The van der Waals surface area contributed by atoms with Crippen molar-refractivity contribution >= 4 is 28.5 Å². The zero-order valence-electron chi connectivity index (χ0n) is 13.7. The van der Waals surface area contributed by atoms with E-state index in [4.69, 9.17) is 4.42 Å². The van der Waals surface area contributed by atoms with Crippen molar-refractivity contribution < 1.29 is 14.3 Å². The molecule has 2 heterocycles. The fourth-order valence-electron chi connectivity index (χ4n) is 2.60. The summed E-state index contributed by atoms with van der Waals surface area (Å²) in [7, 11) is 0. The Hall–Kier alpha value is -3.73. The molecule has 26 heavy (non-hydrogen) atoms. The standard InChI is InChI=1S/C21H14N2O3/c24-16-9-7-14(8-10-16)12-17(20(25)15-4-3-11-22-13-15)21-23-18-5-1-2-6-19(18)26-21/h1-13,24H/b17-12+. The van der Waals surface area contributed by atoms with E-state index in [0.29, 0.717) is 22.2 Å². The van der Waals surface area contributed by atoms with Gasteiger partial charge in [-0.1, -0.05) is 24.3 Å². The number of nitrogens with zero attached hydrogens (tertiary/aromatic N) is 2. The Morgan fingerprint density at radius 3 is 2.54 bits per heavy atom. The predicted molar refractivity (Wildman–Crippen MR) is 98.6 cm³/mol. The summed E-state index contributed by atoms with van der Waals surface area (Å²) in [6.45, 7) is 0. The average Bonchev–Trinajstić information content (AvgIpc) is 3.11. The van der Waals surface area contributed by atoms with E-state index in [9.17, 15) is 9.90 Å². The largest absolute Gasteiger partial charge is 0.508 e. The Labute approximate surface area is 149 Å². The van der Waals surface area contributed by atoms with Gasteiger partial charge >= 0.3 is 0 Å². The summed E-state index contributed by atoms with van der Waals surface area (Å²) < 4.78 is 5.80. The van der Waals surface area contributed by atoms with Gasteiger partial charge in [-0.15, -0.1) is 0 Å². The van der Waals surface area contributed by atoms with E-state index in [1.54, 1.807) is 54.7 Å². The molecule has 0 aliphatic carbocycles. The maximum absolute atomic E-state index is 13.0. The first kappa shape index (κ1) is 15.8. The number of fused-ring (bicyclic) bond motifs is 1. The summed E-state index contributed by atoms with van der Waals surface area (Å²) >= 11 is 0. The van der Waals surface area contributed by atoms with Gasteiger partial charge in [0.25, 0.3) is 0 Å². The Kier molecular flexibility index (Phi) is 4.03. The van der Waals surface area contributed by atoms with Crippen molar-refractivity contribution in [2.75, 3.05) is 0 Å². The maximum Gasteiger partial charge on any atom is 0.231 e. The van der Waals surface area contributed by atoms with Crippen LogP contribution in [0.3, 0.4) is 0 Å². The van der Waals surface area contributed by atoms with Gasteiger partial charge in [0.05, 0.1) is 5.57 Å². The fraction of sp³-hybridized carbons (Fsp3) is 0. The number of phenols is 1. The van der Waals surface area contributed by atoms with Crippen molar-refractivity contribution in [2.24, 2.45) is 0 Å². The lowest BCUT2D eigenvalue weighted by atomic mass is 10.0. The first-order valence-corrected chi connectivity index (χ1v) is 8.02. The van der Waals surface area contributed by atoms with Crippen LogP contribution >= 0.6 is 0 Å². The summed E-state index contributed by atoms with van der Waals surface area (Å²) in [5.41, 5.74) is 2.80. The van der Waals surface area contributed by atoms with Crippen LogP contribution in [0.15, 0.2) is 77.5 Å². The second-order valence-electron chi connectivity index (χ2n) is 5.71. The van der Waals surface area contributed by atoms with Crippen LogP contribution in [0.4, 0.5) is 0 Å². The smallest absolute Gasteiger partial charge is 0.231 e. The Morgan fingerprint density at radius 1 is 1.00 bits per heavy atom. The van der Waals surface area contributed by atoms with Gasteiger partial charge < -0.3 is 9.52 Å². The number of Topliss-reactive ketones (excluding diaryl/α,β-unsaturated/α-hetero) is 1. The summed E-state index contributed by atoms with van der Waals surface area (Å²) in [5.74, 6) is 0.162. The Balaban J connectivity index is 1.85. The molecule has 0 bridgehead atoms. The molecule has 2 aromatic heterocycles. The molecular formula is C21H14N2O3. The van der Waals surface area contributed by atoms with E-state index >= 15 is 0 Å². The van der Waals surface area contributed by atoms with Crippen molar-refractivity contribution in [3.63, 3.8) is 0 Å². The van der Waals surface area contributed by atoms with E-state index in [1.165, 1.54) is 6.20 Å². The molecular weight excluding hydrogens is 328 g/mol. The number of aromatic hydroxyl groups is 1.